The van der Waals surface area contributed by atoms with Crippen LogP contribution in [0.1, 0.15) is 12.5 Å². The highest BCUT2D eigenvalue weighted by molar-refractivity contribution is 5.58. The van der Waals surface area contributed by atoms with Gasteiger partial charge in [0.25, 0.3) is 0 Å². The summed E-state index contributed by atoms with van der Waals surface area (Å²) in [5.74, 6) is 0. The number of benzene rings is 1. The molecule has 0 heterocycles. The molecule has 0 aliphatic rings. The molecule has 1 aromatic rings. The van der Waals surface area contributed by atoms with E-state index >= 15 is 0 Å². The molecule has 0 spiro atoms. The van der Waals surface area contributed by atoms with Gasteiger partial charge in [-0.05, 0) is 36.3 Å². The fourth-order valence-corrected chi connectivity index (χ4v) is 1.53. The van der Waals surface area contributed by atoms with Crippen LogP contribution in [0, 0.1) is 0 Å². The molecule has 0 aliphatic heterocycles. The van der Waals surface area contributed by atoms with Crippen molar-refractivity contribution in [1.82, 2.24) is 0 Å². The smallest absolute Gasteiger partial charge is 0.0929 e. The van der Waals surface area contributed by atoms with Gasteiger partial charge in [0.1, 0.15) is 0 Å². The third kappa shape index (κ3) is 4.60. The van der Waals surface area contributed by atoms with E-state index < -0.39 is 0 Å². The second kappa shape index (κ2) is 7.51. The number of nitrogens with two attached hydrogens (primary N) is 1. The standard InChI is InChI=1S/C16H22N2/c1-5-14(12-13-17-2)6-7-15-8-10-16(11-9-15)18(3)4/h5-13,17H,1-4H3/p+1/b7-6+,13-12-,14-5-. The SMILES string of the molecule is C/C=C(\C=C/[NH2+]C)/C=C/c1ccc(N(C)C)cc1. The molecule has 0 atom stereocenters. The maximum atomic E-state index is 2.13. The van der Waals surface area contributed by atoms with Crippen molar-refractivity contribution in [3.8, 4) is 0 Å². The highest BCUT2D eigenvalue weighted by Crippen LogP contribution is 2.14. The quantitative estimate of drug-likeness (QED) is 0.787. The number of hydrogen-bond acceptors (Lipinski definition) is 1. The zero-order valence-electron chi connectivity index (χ0n) is 11.7. The lowest BCUT2D eigenvalue weighted by Crippen LogP contribution is -2.72. The highest BCUT2D eigenvalue weighted by Gasteiger charge is 1.93. The Morgan fingerprint density at radius 3 is 2.28 bits per heavy atom. The van der Waals surface area contributed by atoms with Crippen molar-refractivity contribution in [1.29, 1.82) is 0 Å². The maximum absolute atomic E-state index is 2.13. The first-order valence-corrected chi connectivity index (χ1v) is 6.25. The summed E-state index contributed by atoms with van der Waals surface area (Å²) >= 11 is 0. The van der Waals surface area contributed by atoms with Gasteiger partial charge < -0.3 is 10.2 Å². The normalized spacial score (nSPS) is 12.6. The van der Waals surface area contributed by atoms with Gasteiger partial charge in [0.2, 0.25) is 0 Å². The van der Waals surface area contributed by atoms with E-state index in [0.717, 1.165) is 0 Å². The number of anilines is 1. The number of nitrogens with zero attached hydrogens (tertiary/aromatic N) is 1. The summed E-state index contributed by atoms with van der Waals surface area (Å²) in [6, 6.07) is 8.53. The molecule has 96 valence electrons. The Labute approximate surface area is 110 Å². The lowest BCUT2D eigenvalue weighted by molar-refractivity contribution is -0.556. The molecule has 0 unspecified atom stereocenters. The van der Waals surface area contributed by atoms with E-state index in [0.29, 0.717) is 0 Å². The largest absolute Gasteiger partial charge is 0.378 e. The minimum atomic E-state index is 1.21. The number of rotatable bonds is 5. The van der Waals surface area contributed by atoms with E-state index in [2.05, 4.69) is 80.7 Å². The van der Waals surface area contributed by atoms with Crippen LogP contribution in [0.3, 0.4) is 0 Å². The van der Waals surface area contributed by atoms with Gasteiger partial charge in [0, 0.05) is 19.8 Å². The van der Waals surface area contributed by atoms with Gasteiger partial charge in [-0.1, -0.05) is 30.4 Å². The van der Waals surface area contributed by atoms with E-state index in [9.17, 15) is 0 Å². The van der Waals surface area contributed by atoms with Gasteiger partial charge in [-0.2, -0.15) is 0 Å². The van der Waals surface area contributed by atoms with Crippen molar-refractivity contribution in [2.24, 2.45) is 0 Å². The Morgan fingerprint density at radius 1 is 1.11 bits per heavy atom. The minimum absolute atomic E-state index is 1.21. The Bertz CT molecular complexity index is 437. The number of allylic oxidation sites excluding steroid dienone is 4. The monoisotopic (exact) mass is 243 g/mol. The average Bonchev–Trinajstić information content (AvgIpc) is 2.39. The fraction of sp³-hybridized carbons (Fsp3) is 0.250. The van der Waals surface area contributed by atoms with Gasteiger partial charge >= 0.3 is 0 Å². The van der Waals surface area contributed by atoms with Crippen molar-refractivity contribution in [2.75, 3.05) is 26.0 Å². The first-order valence-electron chi connectivity index (χ1n) is 6.25. The molecule has 0 saturated carbocycles. The summed E-state index contributed by atoms with van der Waals surface area (Å²) < 4.78 is 0. The zero-order valence-corrected chi connectivity index (χ0v) is 11.7. The molecule has 18 heavy (non-hydrogen) atoms. The molecule has 1 rings (SSSR count). The van der Waals surface area contributed by atoms with Crippen LogP contribution >= 0.6 is 0 Å². The third-order valence-electron chi connectivity index (χ3n) is 2.69. The Kier molecular flexibility index (Phi) is 5.95. The molecule has 0 aliphatic carbocycles. The second-order valence-electron chi connectivity index (χ2n) is 4.30. The van der Waals surface area contributed by atoms with Gasteiger partial charge in [0.05, 0.1) is 13.2 Å². The van der Waals surface area contributed by atoms with Crippen LogP contribution in [0.4, 0.5) is 5.69 Å². The summed E-state index contributed by atoms with van der Waals surface area (Å²) in [5, 5.41) is 2.03. The van der Waals surface area contributed by atoms with E-state index in [1.54, 1.807) is 0 Å². The second-order valence-corrected chi connectivity index (χ2v) is 4.30. The fourth-order valence-electron chi connectivity index (χ4n) is 1.53. The summed E-state index contributed by atoms with van der Waals surface area (Å²) in [7, 11) is 6.12. The van der Waals surface area contributed by atoms with Gasteiger partial charge in [-0.3, -0.25) is 0 Å². The van der Waals surface area contributed by atoms with Crippen molar-refractivity contribution in [2.45, 2.75) is 6.92 Å². The summed E-state index contributed by atoms with van der Waals surface area (Å²) in [6.45, 7) is 2.05. The van der Waals surface area contributed by atoms with Crippen LogP contribution in [0.5, 0.6) is 0 Å². The first-order chi connectivity index (χ1) is 8.67. The van der Waals surface area contributed by atoms with E-state index in [-0.39, 0.29) is 0 Å². The van der Waals surface area contributed by atoms with Crippen LogP contribution in [0.15, 0.2) is 54.3 Å². The van der Waals surface area contributed by atoms with E-state index in [1.165, 1.54) is 16.8 Å². The van der Waals surface area contributed by atoms with Crippen LogP contribution in [0.25, 0.3) is 6.08 Å². The molecule has 0 bridgehead atoms. The predicted molar refractivity (Wildman–Crippen MR) is 80.5 cm³/mol. The molecule has 1 aromatic carbocycles. The summed E-state index contributed by atoms with van der Waals surface area (Å²) in [4.78, 5) is 2.10. The number of quaternary nitrogens is 1. The Balaban J connectivity index is 2.74. The summed E-state index contributed by atoms with van der Waals surface area (Å²) in [5.41, 5.74) is 3.65. The molecule has 2 nitrogen and oxygen atoms in total. The Morgan fingerprint density at radius 2 is 1.78 bits per heavy atom. The van der Waals surface area contributed by atoms with Crippen LogP contribution < -0.4 is 10.2 Å². The molecule has 0 radical (unpaired) electrons. The predicted octanol–water partition coefficient (Wildman–Crippen LogP) is 2.42. The lowest BCUT2D eigenvalue weighted by atomic mass is 10.1. The van der Waals surface area contributed by atoms with Crippen molar-refractivity contribution in [3.05, 3.63) is 59.8 Å². The molecule has 2 N–H and O–H groups in total. The minimum Gasteiger partial charge on any atom is -0.378 e. The zero-order chi connectivity index (χ0) is 13.4. The first kappa shape index (κ1) is 14.3. The third-order valence-corrected chi connectivity index (χ3v) is 2.69. The topological polar surface area (TPSA) is 19.9 Å². The van der Waals surface area contributed by atoms with Crippen molar-refractivity contribution >= 4 is 11.8 Å². The molecule has 0 aromatic heterocycles. The molecule has 0 saturated heterocycles. The van der Waals surface area contributed by atoms with E-state index in [1.807, 2.05) is 12.4 Å². The van der Waals surface area contributed by atoms with Crippen LogP contribution in [-0.2, 0) is 0 Å². The average molecular weight is 243 g/mol. The molecular weight excluding hydrogens is 220 g/mol. The highest BCUT2D eigenvalue weighted by atomic mass is 15.1. The maximum Gasteiger partial charge on any atom is 0.0929 e. The molecule has 0 amide bonds. The van der Waals surface area contributed by atoms with Crippen LogP contribution in [0.2, 0.25) is 0 Å². The van der Waals surface area contributed by atoms with Gasteiger partial charge in [0.15, 0.2) is 0 Å². The summed E-state index contributed by atoms with van der Waals surface area (Å²) in [6.07, 6.45) is 10.5. The molecule has 0 fully saturated rings. The molecular formula is C16H23N2+. The van der Waals surface area contributed by atoms with Gasteiger partial charge in [-0.15, -0.1) is 0 Å². The van der Waals surface area contributed by atoms with Gasteiger partial charge in [-0.25, -0.2) is 0 Å². The Hall–Kier alpha value is -1.80. The lowest BCUT2D eigenvalue weighted by Gasteiger charge is -2.11. The van der Waals surface area contributed by atoms with Crippen molar-refractivity contribution in [3.63, 3.8) is 0 Å². The van der Waals surface area contributed by atoms with Crippen LogP contribution in [-0.4, -0.2) is 21.1 Å². The number of hydrogen-bond donors (Lipinski definition) is 1. The van der Waals surface area contributed by atoms with Crippen molar-refractivity contribution < 1.29 is 5.32 Å². The van der Waals surface area contributed by atoms with E-state index in [4.69, 9.17) is 0 Å². The molecule has 2 heteroatoms.